The van der Waals surface area contributed by atoms with Gasteiger partial charge in [0.15, 0.2) is 0 Å². The molecule has 9 heteroatoms. The third-order valence-electron chi connectivity index (χ3n) is 3.78. The Bertz CT molecular complexity index is 575. The molecular formula is C15H17F6NO2. The summed E-state index contributed by atoms with van der Waals surface area (Å²) in [6.45, 7) is 2.44. The van der Waals surface area contributed by atoms with E-state index in [-0.39, 0.29) is 6.42 Å². The van der Waals surface area contributed by atoms with Gasteiger partial charge in [0.1, 0.15) is 5.54 Å². The Morgan fingerprint density at radius 3 is 1.83 bits per heavy atom. The second-order valence-electron chi connectivity index (χ2n) is 5.79. The van der Waals surface area contributed by atoms with Crippen molar-refractivity contribution in [2.24, 2.45) is 5.73 Å². The molecule has 2 atom stereocenters. The average Bonchev–Trinajstić information content (AvgIpc) is 2.42. The summed E-state index contributed by atoms with van der Waals surface area (Å²) in [6, 6.07) is 1.80. The Hall–Kier alpha value is -1.77. The van der Waals surface area contributed by atoms with Crippen molar-refractivity contribution in [3.8, 4) is 0 Å². The topological polar surface area (TPSA) is 63.3 Å². The molecule has 0 amide bonds. The number of halogens is 6. The fourth-order valence-corrected chi connectivity index (χ4v) is 2.55. The molecule has 0 bridgehead atoms. The van der Waals surface area contributed by atoms with Crippen LogP contribution < -0.4 is 5.73 Å². The van der Waals surface area contributed by atoms with Crippen LogP contribution in [0.4, 0.5) is 26.3 Å². The molecule has 24 heavy (non-hydrogen) atoms. The Labute approximate surface area is 134 Å². The van der Waals surface area contributed by atoms with E-state index in [9.17, 15) is 31.1 Å². The van der Waals surface area contributed by atoms with E-state index in [0.717, 1.165) is 6.92 Å². The molecule has 3 nitrogen and oxygen atoms in total. The fourth-order valence-electron chi connectivity index (χ4n) is 2.55. The monoisotopic (exact) mass is 357 g/mol. The number of carbonyl (C=O) groups is 1. The van der Waals surface area contributed by atoms with Gasteiger partial charge < -0.3 is 10.8 Å². The molecule has 3 N–H and O–H groups in total. The Morgan fingerprint density at radius 2 is 1.54 bits per heavy atom. The zero-order valence-corrected chi connectivity index (χ0v) is 12.9. The van der Waals surface area contributed by atoms with Gasteiger partial charge in [-0.2, -0.15) is 26.3 Å². The zero-order valence-electron chi connectivity index (χ0n) is 12.9. The smallest absolute Gasteiger partial charge is 0.416 e. The first-order valence-corrected chi connectivity index (χ1v) is 7.01. The molecule has 0 aliphatic carbocycles. The first-order valence-electron chi connectivity index (χ1n) is 7.01. The lowest BCUT2D eigenvalue weighted by Gasteiger charge is -2.29. The largest absolute Gasteiger partial charge is 0.480 e. The minimum absolute atomic E-state index is 0.129. The summed E-state index contributed by atoms with van der Waals surface area (Å²) in [7, 11) is 0. The van der Waals surface area contributed by atoms with Crippen molar-refractivity contribution < 1.29 is 36.2 Å². The summed E-state index contributed by atoms with van der Waals surface area (Å²) in [4.78, 5) is 11.1. The van der Waals surface area contributed by atoms with Gasteiger partial charge in [-0.25, -0.2) is 0 Å². The average molecular weight is 357 g/mol. The van der Waals surface area contributed by atoms with Crippen LogP contribution in [0.1, 0.15) is 49.3 Å². The standard InChI is InChI=1S/C15H17F6NO2/c1-3-8(7-13(2,22)12(23)24)11-9(14(16,17)18)5-4-6-10(11)15(19,20)21/h4-6,8H,3,7,22H2,1-2H3,(H,23,24). The summed E-state index contributed by atoms with van der Waals surface area (Å²) in [5, 5.41) is 9.02. The molecule has 1 rings (SSSR count). The van der Waals surface area contributed by atoms with E-state index in [4.69, 9.17) is 10.8 Å². The molecule has 0 saturated heterocycles. The van der Waals surface area contributed by atoms with Gasteiger partial charge in [0.25, 0.3) is 0 Å². The third kappa shape index (κ3) is 4.40. The maximum absolute atomic E-state index is 13.2. The molecule has 1 aromatic carbocycles. The van der Waals surface area contributed by atoms with Crippen LogP contribution in [0.25, 0.3) is 0 Å². The first-order chi connectivity index (χ1) is 10.7. The maximum atomic E-state index is 13.2. The van der Waals surface area contributed by atoms with E-state index in [1.54, 1.807) is 0 Å². The van der Waals surface area contributed by atoms with Crippen molar-refractivity contribution >= 4 is 5.97 Å². The van der Waals surface area contributed by atoms with Crippen molar-refractivity contribution in [2.75, 3.05) is 0 Å². The van der Waals surface area contributed by atoms with Gasteiger partial charge in [-0.05, 0) is 43.4 Å². The molecule has 0 fully saturated rings. The lowest BCUT2D eigenvalue weighted by atomic mass is 9.79. The van der Waals surface area contributed by atoms with E-state index in [1.165, 1.54) is 6.92 Å². The first kappa shape index (κ1) is 20.3. The predicted molar refractivity (Wildman–Crippen MR) is 74.3 cm³/mol. The summed E-state index contributed by atoms with van der Waals surface area (Å²) in [6.07, 6.45) is -10.7. The molecule has 0 heterocycles. The van der Waals surface area contributed by atoms with Gasteiger partial charge >= 0.3 is 18.3 Å². The number of nitrogens with two attached hydrogens (primary N) is 1. The highest BCUT2D eigenvalue weighted by atomic mass is 19.4. The highest BCUT2D eigenvalue weighted by Crippen LogP contribution is 2.45. The molecule has 0 aliphatic rings. The highest BCUT2D eigenvalue weighted by molar-refractivity contribution is 5.78. The zero-order chi connectivity index (χ0) is 18.9. The second-order valence-corrected chi connectivity index (χ2v) is 5.79. The van der Waals surface area contributed by atoms with Crippen molar-refractivity contribution in [2.45, 2.75) is 50.5 Å². The fraction of sp³-hybridized carbons (Fsp3) is 0.533. The number of rotatable bonds is 5. The predicted octanol–water partition coefficient (Wildman–Crippen LogP) is 4.41. The maximum Gasteiger partial charge on any atom is 0.416 e. The van der Waals surface area contributed by atoms with Crippen molar-refractivity contribution in [1.82, 2.24) is 0 Å². The summed E-state index contributed by atoms with van der Waals surface area (Å²) < 4.78 is 79.1. The minimum atomic E-state index is -5.00. The summed E-state index contributed by atoms with van der Waals surface area (Å²) in [5.41, 5.74) is -0.238. The Morgan fingerprint density at radius 1 is 1.12 bits per heavy atom. The van der Waals surface area contributed by atoms with E-state index in [2.05, 4.69) is 0 Å². The van der Waals surface area contributed by atoms with Crippen molar-refractivity contribution in [3.63, 3.8) is 0 Å². The van der Waals surface area contributed by atoms with Crippen LogP contribution in [0.2, 0.25) is 0 Å². The van der Waals surface area contributed by atoms with E-state index >= 15 is 0 Å². The molecule has 0 aliphatic heterocycles. The molecule has 0 radical (unpaired) electrons. The second kappa shape index (κ2) is 6.62. The molecular weight excluding hydrogens is 340 g/mol. The van der Waals surface area contributed by atoms with E-state index in [0.29, 0.717) is 18.2 Å². The molecule has 0 spiro atoms. The van der Waals surface area contributed by atoms with Crippen LogP contribution in [0.15, 0.2) is 18.2 Å². The van der Waals surface area contributed by atoms with Crippen LogP contribution in [0, 0.1) is 0 Å². The van der Waals surface area contributed by atoms with E-state index < -0.39 is 52.9 Å². The van der Waals surface area contributed by atoms with Gasteiger partial charge in [0.2, 0.25) is 0 Å². The van der Waals surface area contributed by atoms with Crippen LogP contribution in [-0.2, 0) is 17.1 Å². The minimum Gasteiger partial charge on any atom is -0.480 e. The van der Waals surface area contributed by atoms with Gasteiger partial charge in [0.05, 0.1) is 11.1 Å². The molecule has 136 valence electrons. The van der Waals surface area contributed by atoms with Crippen LogP contribution >= 0.6 is 0 Å². The van der Waals surface area contributed by atoms with Crippen molar-refractivity contribution in [3.05, 3.63) is 34.9 Å². The quantitative estimate of drug-likeness (QED) is 0.768. The molecule has 2 unspecified atom stereocenters. The van der Waals surface area contributed by atoms with Crippen LogP contribution in [-0.4, -0.2) is 16.6 Å². The number of carboxylic acids is 1. The number of benzene rings is 1. The Balaban J connectivity index is 3.60. The Kier molecular flexibility index (Phi) is 5.59. The summed E-state index contributed by atoms with van der Waals surface area (Å²) in [5.74, 6) is -2.82. The number of aliphatic carboxylic acids is 1. The number of carboxylic acid groups (broad SMARTS) is 1. The molecule has 1 aromatic rings. The van der Waals surface area contributed by atoms with Crippen molar-refractivity contribution in [1.29, 1.82) is 0 Å². The molecule has 0 aromatic heterocycles. The van der Waals surface area contributed by atoms with Crippen LogP contribution in [0.3, 0.4) is 0 Å². The van der Waals surface area contributed by atoms with E-state index in [1.807, 2.05) is 0 Å². The lowest BCUT2D eigenvalue weighted by molar-refractivity contribution is -0.144. The van der Waals surface area contributed by atoms with Gasteiger partial charge in [-0.1, -0.05) is 13.0 Å². The third-order valence-corrected chi connectivity index (χ3v) is 3.78. The lowest BCUT2D eigenvalue weighted by Crippen LogP contribution is -2.46. The molecule has 0 saturated carbocycles. The van der Waals surface area contributed by atoms with Crippen LogP contribution in [0.5, 0.6) is 0 Å². The van der Waals surface area contributed by atoms with Gasteiger partial charge in [-0.15, -0.1) is 0 Å². The highest BCUT2D eigenvalue weighted by Gasteiger charge is 2.44. The number of hydrogen-bond acceptors (Lipinski definition) is 2. The van der Waals surface area contributed by atoms with Gasteiger partial charge in [0, 0.05) is 0 Å². The number of hydrogen-bond donors (Lipinski definition) is 2. The number of alkyl halides is 6. The van der Waals surface area contributed by atoms with Gasteiger partial charge in [-0.3, -0.25) is 4.79 Å². The SMILES string of the molecule is CCC(CC(C)(N)C(=O)O)c1c(C(F)(F)F)cccc1C(F)(F)F. The normalized spacial score (nSPS) is 16.5. The summed E-state index contributed by atoms with van der Waals surface area (Å²) >= 11 is 0.